The molecule has 2 fully saturated rings. The minimum absolute atomic E-state index is 0.0182. The van der Waals surface area contributed by atoms with Crippen molar-refractivity contribution in [3.05, 3.63) is 23.1 Å². The number of furan rings is 1. The quantitative estimate of drug-likeness (QED) is 0.841. The zero-order valence-electron chi connectivity index (χ0n) is 11.3. The van der Waals surface area contributed by atoms with Crippen molar-refractivity contribution in [2.75, 3.05) is 6.54 Å². The van der Waals surface area contributed by atoms with E-state index in [0.29, 0.717) is 18.7 Å². The van der Waals surface area contributed by atoms with Crippen LogP contribution in [-0.2, 0) is 4.79 Å². The van der Waals surface area contributed by atoms with Gasteiger partial charge in [-0.3, -0.25) is 9.59 Å². The second kappa shape index (κ2) is 5.60. The first-order valence-electron chi connectivity index (χ1n) is 7.26. The molecular weight excluding hydrogens is 278 g/mol. The molecule has 0 spiro atoms. The van der Waals surface area contributed by atoms with E-state index in [0.717, 1.165) is 32.1 Å². The van der Waals surface area contributed by atoms with Crippen LogP contribution in [0, 0.1) is 5.92 Å². The molecule has 2 aliphatic rings. The number of carbonyl (C=O) groups excluding carboxylic acids is 2. The molecule has 1 saturated carbocycles. The van der Waals surface area contributed by atoms with Gasteiger partial charge in [0.15, 0.2) is 11.0 Å². The number of hydrogen-bond donors (Lipinski definition) is 0. The lowest BCUT2D eigenvalue weighted by molar-refractivity contribution is -0.122. The van der Waals surface area contributed by atoms with Crippen LogP contribution in [0.15, 0.2) is 16.5 Å². The van der Waals surface area contributed by atoms with E-state index in [1.54, 1.807) is 12.1 Å². The Morgan fingerprint density at radius 2 is 2.10 bits per heavy atom. The number of rotatable bonds is 2. The Kier molecular flexibility index (Phi) is 3.83. The van der Waals surface area contributed by atoms with Crippen molar-refractivity contribution in [2.45, 2.75) is 44.6 Å². The van der Waals surface area contributed by atoms with Crippen LogP contribution >= 0.6 is 11.6 Å². The van der Waals surface area contributed by atoms with Gasteiger partial charge in [-0.05, 0) is 55.8 Å². The molecule has 5 heteroatoms. The minimum Gasteiger partial charge on any atom is -0.440 e. The molecule has 3 rings (SSSR count). The van der Waals surface area contributed by atoms with E-state index in [1.165, 1.54) is 0 Å². The first kappa shape index (κ1) is 13.7. The van der Waals surface area contributed by atoms with Gasteiger partial charge in [0.25, 0.3) is 5.91 Å². The fraction of sp³-hybridized carbons (Fsp3) is 0.600. The van der Waals surface area contributed by atoms with Gasteiger partial charge in [-0.25, -0.2) is 0 Å². The van der Waals surface area contributed by atoms with Gasteiger partial charge in [0.05, 0.1) is 0 Å². The molecule has 1 aromatic heterocycles. The summed E-state index contributed by atoms with van der Waals surface area (Å²) in [5.41, 5.74) is 0. The van der Waals surface area contributed by atoms with Gasteiger partial charge in [0.2, 0.25) is 0 Å². The van der Waals surface area contributed by atoms with E-state index >= 15 is 0 Å². The molecule has 0 N–H and O–H groups in total. The highest BCUT2D eigenvalue weighted by atomic mass is 35.5. The largest absolute Gasteiger partial charge is 0.440 e. The van der Waals surface area contributed by atoms with Crippen molar-refractivity contribution in [3.63, 3.8) is 0 Å². The summed E-state index contributed by atoms with van der Waals surface area (Å²) in [6.45, 7) is 0.700. The van der Waals surface area contributed by atoms with E-state index in [4.69, 9.17) is 16.0 Å². The average Bonchev–Trinajstić information content (AvgIpc) is 3.07. The normalized spacial score (nSPS) is 27.1. The highest BCUT2D eigenvalue weighted by Gasteiger charge is 2.39. The van der Waals surface area contributed by atoms with Crippen molar-refractivity contribution < 1.29 is 14.0 Å². The van der Waals surface area contributed by atoms with Crippen LogP contribution in [-0.4, -0.2) is 29.2 Å². The molecule has 108 valence electrons. The van der Waals surface area contributed by atoms with Crippen molar-refractivity contribution in [1.29, 1.82) is 0 Å². The summed E-state index contributed by atoms with van der Waals surface area (Å²) in [5.74, 6) is 0.463. The fourth-order valence-electron chi connectivity index (χ4n) is 3.45. The molecule has 20 heavy (non-hydrogen) atoms. The molecule has 1 aliphatic carbocycles. The van der Waals surface area contributed by atoms with Crippen LogP contribution in [0.25, 0.3) is 0 Å². The predicted octanol–water partition coefficient (Wildman–Crippen LogP) is 3.30. The topological polar surface area (TPSA) is 50.5 Å². The molecule has 1 saturated heterocycles. The minimum atomic E-state index is -0.138. The molecule has 1 aromatic rings. The fourth-order valence-corrected chi connectivity index (χ4v) is 3.59. The number of halogens is 1. The van der Waals surface area contributed by atoms with E-state index in [9.17, 15) is 9.59 Å². The Hall–Kier alpha value is -1.29. The molecule has 1 amide bonds. The van der Waals surface area contributed by atoms with Gasteiger partial charge in [-0.1, -0.05) is 0 Å². The molecule has 2 unspecified atom stereocenters. The Morgan fingerprint density at radius 1 is 1.25 bits per heavy atom. The van der Waals surface area contributed by atoms with Crippen LogP contribution in [0.5, 0.6) is 0 Å². The SMILES string of the molecule is O=C1CCCC1C1CCCCN1C(=O)c1ccc(Cl)o1. The molecule has 2 atom stereocenters. The second-order valence-corrected chi connectivity index (χ2v) is 6.00. The van der Waals surface area contributed by atoms with Gasteiger partial charge in [0, 0.05) is 24.9 Å². The maximum absolute atomic E-state index is 12.5. The average molecular weight is 296 g/mol. The number of amides is 1. The van der Waals surface area contributed by atoms with Crippen LogP contribution in [0.3, 0.4) is 0 Å². The standard InChI is InChI=1S/C15H18ClNO3/c16-14-8-7-13(20-14)15(19)17-9-2-1-5-11(17)10-4-3-6-12(10)18/h7-8,10-11H,1-6,9H2. The molecule has 2 heterocycles. The zero-order chi connectivity index (χ0) is 14.1. The highest BCUT2D eigenvalue weighted by Crippen LogP contribution is 2.33. The Bertz CT molecular complexity index is 525. The smallest absolute Gasteiger partial charge is 0.289 e. The number of Topliss-reactive ketones (excluding diaryl/α,β-unsaturated/α-hetero) is 1. The van der Waals surface area contributed by atoms with Crippen LogP contribution in [0.2, 0.25) is 5.22 Å². The van der Waals surface area contributed by atoms with Gasteiger partial charge >= 0.3 is 0 Å². The maximum atomic E-state index is 12.5. The monoisotopic (exact) mass is 295 g/mol. The number of piperidine rings is 1. The highest BCUT2D eigenvalue weighted by molar-refractivity contribution is 6.29. The molecule has 0 radical (unpaired) electrons. The van der Waals surface area contributed by atoms with Gasteiger partial charge in [-0.2, -0.15) is 0 Å². The first-order chi connectivity index (χ1) is 9.66. The van der Waals surface area contributed by atoms with Gasteiger partial charge < -0.3 is 9.32 Å². The van der Waals surface area contributed by atoms with Crippen LogP contribution in [0.1, 0.15) is 49.1 Å². The van der Waals surface area contributed by atoms with Crippen molar-refractivity contribution in [2.24, 2.45) is 5.92 Å². The number of hydrogen-bond acceptors (Lipinski definition) is 3. The van der Waals surface area contributed by atoms with E-state index in [-0.39, 0.29) is 28.8 Å². The van der Waals surface area contributed by atoms with E-state index in [2.05, 4.69) is 0 Å². The second-order valence-electron chi connectivity index (χ2n) is 5.63. The molecule has 1 aliphatic heterocycles. The summed E-state index contributed by atoms with van der Waals surface area (Å²) in [4.78, 5) is 26.4. The summed E-state index contributed by atoms with van der Waals surface area (Å²) in [6, 6.07) is 3.22. The van der Waals surface area contributed by atoms with Crippen LogP contribution in [0.4, 0.5) is 0 Å². The molecule has 4 nitrogen and oxygen atoms in total. The Morgan fingerprint density at radius 3 is 2.75 bits per heavy atom. The molecular formula is C15H18ClNO3. The van der Waals surface area contributed by atoms with Crippen LogP contribution < -0.4 is 0 Å². The third-order valence-corrected chi connectivity index (χ3v) is 4.61. The molecule has 0 bridgehead atoms. The first-order valence-corrected chi connectivity index (χ1v) is 7.63. The van der Waals surface area contributed by atoms with Crippen molar-refractivity contribution in [1.82, 2.24) is 4.90 Å². The Balaban J connectivity index is 1.81. The maximum Gasteiger partial charge on any atom is 0.289 e. The lowest BCUT2D eigenvalue weighted by Gasteiger charge is -2.38. The lowest BCUT2D eigenvalue weighted by Crippen LogP contribution is -2.48. The number of nitrogens with zero attached hydrogens (tertiary/aromatic N) is 1. The summed E-state index contributed by atoms with van der Waals surface area (Å²) in [7, 11) is 0. The van der Waals surface area contributed by atoms with E-state index in [1.807, 2.05) is 4.90 Å². The third-order valence-electron chi connectivity index (χ3n) is 4.41. The molecule has 0 aromatic carbocycles. The zero-order valence-corrected chi connectivity index (χ0v) is 12.1. The van der Waals surface area contributed by atoms with Crippen molar-refractivity contribution in [3.8, 4) is 0 Å². The third kappa shape index (κ3) is 2.49. The summed E-state index contributed by atoms with van der Waals surface area (Å²) in [6.07, 6.45) is 5.50. The van der Waals surface area contributed by atoms with Crippen molar-refractivity contribution >= 4 is 23.3 Å². The van der Waals surface area contributed by atoms with E-state index < -0.39 is 0 Å². The predicted molar refractivity (Wildman–Crippen MR) is 74.7 cm³/mol. The number of likely N-dealkylation sites (tertiary alicyclic amines) is 1. The lowest BCUT2D eigenvalue weighted by atomic mass is 9.88. The van der Waals surface area contributed by atoms with Gasteiger partial charge in [-0.15, -0.1) is 0 Å². The summed E-state index contributed by atoms with van der Waals surface area (Å²) in [5, 5.41) is 0.221. The number of ketones is 1. The summed E-state index contributed by atoms with van der Waals surface area (Å²) < 4.78 is 5.23. The summed E-state index contributed by atoms with van der Waals surface area (Å²) >= 11 is 5.74. The number of carbonyl (C=O) groups is 2. The Labute approximate surface area is 123 Å². The van der Waals surface area contributed by atoms with Gasteiger partial charge in [0.1, 0.15) is 5.78 Å².